The van der Waals surface area contributed by atoms with Crippen LogP contribution in [0.1, 0.15) is 41.7 Å². The minimum absolute atomic E-state index is 0.0157. The highest BCUT2D eigenvalue weighted by atomic mass is 35.5. The number of fused-ring (bicyclic) bond motifs is 3. The number of rotatable bonds is 5. The van der Waals surface area contributed by atoms with Crippen molar-refractivity contribution in [3.05, 3.63) is 58.3 Å². The highest BCUT2D eigenvalue weighted by Crippen LogP contribution is 2.38. The Labute approximate surface area is 227 Å². The molecule has 0 bridgehead atoms. The smallest absolute Gasteiger partial charge is 0.433 e. The molecule has 5 heterocycles. The van der Waals surface area contributed by atoms with Crippen LogP contribution in [0.15, 0.2) is 30.3 Å². The predicted molar refractivity (Wildman–Crippen MR) is 135 cm³/mol. The molecule has 39 heavy (non-hydrogen) atoms. The fourth-order valence-corrected chi connectivity index (χ4v) is 5.81. The Morgan fingerprint density at radius 1 is 1.10 bits per heavy atom. The standard InChI is InChI=1S/C26H27ClF4N6O2/c1-38-20-4-5-21(26(29,30)31)32-24(20)36-8-6-16(7-9-36)23-34-33-22-12-35(13-25(28)14-39-15-25)11-17-10-18(27)2-3-19(17)37(22)23/h2-5,10,16H,6-9,11-15H2,1H3. The molecule has 208 valence electrons. The van der Waals surface area contributed by atoms with Crippen LogP contribution in [0.3, 0.4) is 0 Å². The van der Waals surface area contributed by atoms with Gasteiger partial charge in [-0.15, -0.1) is 10.2 Å². The third-order valence-corrected chi connectivity index (χ3v) is 7.77. The molecule has 1 aromatic carbocycles. The van der Waals surface area contributed by atoms with Gasteiger partial charge in [0.05, 0.1) is 32.6 Å². The molecule has 0 aliphatic carbocycles. The van der Waals surface area contributed by atoms with Crippen molar-refractivity contribution in [2.24, 2.45) is 0 Å². The zero-order valence-electron chi connectivity index (χ0n) is 21.2. The van der Waals surface area contributed by atoms with Crippen molar-refractivity contribution < 1.29 is 27.0 Å². The molecule has 0 radical (unpaired) electrons. The monoisotopic (exact) mass is 566 g/mol. The van der Waals surface area contributed by atoms with Gasteiger partial charge in [0, 0.05) is 37.1 Å². The van der Waals surface area contributed by atoms with E-state index in [1.165, 1.54) is 13.2 Å². The van der Waals surface area contributed by atoms with Crippen molar-refractivity contribution >= 4 is 17.4 Å². The highest BCUT2D eigenvalue weighted by Gasteiger charge is 2.42. The Kier molecular flexibility index (Phi) is 6.67. The predicted octanol–water partition coefficient (Wildman–Crippen LogP) is 4.78. The molecule has 3 aliphatic rings. The fraction of sp³-hybridized carbons (Fsp3) is 0.500. The molecule has 2 aromatic heterocycles. The minimum atomic E-state index is -4.55. The van der Waals surface area contributed by atoms with E-state index < -0.39 is 17.5 Å². The molecule has 0 unspecified atom stereocenters. The summed E-state index contributed by atoms with van der Waals surface area (Å²) in [6.07, 6.45) is -3.27. The topological polar surface area (TPSA) is 68.5 Å². The number of piperidine rings is 1. The summed E-state index contributed by atoms with van der Waals surface area (Å²) in [6, 6.07) is 7.87. The van der Waals surface area contributed by atoms with Gasteiger partial charge >= 0.3 is 6.18 Å². The van der Waals surface area contributed by atoms with Gasteiger partial charge in [-0.1, -0.05) is 11.6 Å². The minimum Gasteiger partial charge on any atom is -0.493 e. The molecule has 2 fully saturated rings. The average Bonchev–Trinajstić information content (AvgIpc) is 3.23. The van der Waals surface area contributed by atoms with Crippen LogP contribution in [0.4, 0.5) is 23.4 Å². The maximum Gasteiger partial charge on any atom is 0.433 e. The maximum atomic E-state index is 15.0. The first-order valence-electron chi connectivity index (χ1n) is 12.7. The summed E-state index contributed by atoms with van der Waals surface area (Å²) in [6.45, 7) is 2.23. The first-order valence-corrected chi connectivity index (χ1v) is 13.1. The lowest BCUT2D eigenvalue weighted by Gasteiger charge is -2.37. The molecule has 0 N–H and O–H groups in total. The van der Waals surface area contributed by atoms with Gasteiger partial charge in [0.1, 0.15) is 11.5 Å². The van der Waals surface area contributed by atoms with E-state index in [0.29, 0.717) is 55.6 Å². The lowest BCUT2D eigenvalue weighted by molar-refractivity contribution is -0.142. The summed E-state index contributed by atoms with van der Waals surface area (Å²) in [5.74, 6) is 1.98. The molecule has 0 saturated carbocycles. The molecule has 0 amide bonds. The summed E-state index contributed by atoms with van der Waals surface area (Å²) in [5.41, 5.74) is -0.492. The maximum absolute atomic E-state index is 15.0. The number of aromatic nitrogens is 4. The lowest BCUT2D eigenvalue weighted by atomic mass is 9.95. The van der Waals surface area contributed by atoms with Crippen LogP contribution < -0.4 is 9.64 Å². The molecule has 6 rings (SSSR count). The van der Waals surface area contributed by atoms with Gasteiger partial charge in [-0.25, -0.2) is 9.37 Å². The third kappa shape index (κ3) is 5.05. The molecule has 8 nitrogen and oxygen atoms in total. The molecular weight excluding hydrogens is 540 g/mol. The van der Waals surface area contributed by atoms with E-state index in [2.05, 4.69) is 15.2 Å². The zero-order chi connectivity index (χ0) is 27.4. The molecule has 2 saturated heterocycles. The van der Waals surface area contributed by atoms with Gasteiger partial charge in [-0.3, -0.25) is 9.47 Å². The first-order chi connectivity index (χ1) is 18.6. The van der Waals surface area contributed by atoms with E-state index in [0.717, 1.165) is 23.1 Å². The number of hydrogen-bond acceptors (Lipinski definition) is 7. The Bertz CT molecular complexity index is 1370. The van der Waals surface area contributed by atoms with Gasteiger partial charge in [-0.05, 0) is 48.7 Å². The van der Waals surface area contributed by atoms with Gasteiger partial charge in [0.25, 0.3) is 0 Å². The number of alkyl halides is 4. The normalized spacial score (nSPS) is 19.7. The number of benzene rings is 1. The van der Waals surface area contributed by atoms with Crippen LogP contribution in [0.25, 0.3) is 5.69 Å². The van der Waals surface area contributed by atoms with Gasteiger partial charge < -0.3 is 14.4 Å². The van der Waals surface area contributed by atoms with Crippen molar-refractivity contribution in [3.8, 4) is 11.4 Å². The van der Waals surface area contributed by atoms with Crippen LogP contribution in [0, 0.1) is 0 Å². The van der Waals surface area contributed by atoms with E-state index >= 15 is 0 Å². The van der Waals surface area contributed by atoms with Crippen LogP contribution in [-0.4, -0.2) is 70.3 Å². The SMILES string of the molecule is COc1ccc(C(F)(F)F)nc1N1CCC(c2nnc3n2-c2ccc(Cl)cc2CN(CC2(F)COC2)C3)CC1. The third-order valence-electron chi connectivity index (χ3n) is 7.53. The number of methoxy groups -OCH3 is 1. The summed E-state index contributed by atoms with van der Waals surface area (Å²) in [4.78, 5) is 7.71. The van der Waals surface area contributed by atoms with Gasteiger partial charge in [0.15, 0.2) is 23.1 Å². The van der Waals surface area contributed by atoms with E-state index in [1.54, 1.807) is 0 Å². The second kappa shape index (κ2) is 9.90. The molecule has 3 aliphatic heterocycles. The number of hydrogen-bond donors (Lipinski definition) is 0. The summed E-state index contributed by atoms with van der Waals surface area (Å²) in [7, 11) is 1.42. The molecule has 0 atom stereocenters. The lowest BCUT2D eigenvalue weighted by Crippen LogP contribution is -2.53. The number of anilines is 1. The highest BCUT2D eigenvalue weighted by molar-refractivity contribution is 6.30. The van der Waals surface area contributed by atoms with E-state index in [1.807, 2.05) is 32.6 Å². The largest absolute Gasteiger partial charge is 0.493 e. The van der Waals surface area contributed by atoms with Crippen LogP contribution in [-0.2, 0) is 24.0 Å². The summed E-state index contributed by atoms with van der Waals surface area (Å²) in [5, 5.41) is 9.64. The van der Waals surface area contributed by atoms with Crippen LogP contribution in [0.2, 0.25) is 5.02 Å². The Hall–Kier alpha value is -2.96. The van der Waals surface area contributed by atoms with Crippen molar-refractivity contribution in [3.63, 3.8) is 0 Å². The van der Waals surface area contributed by atoms with E-state index in [9.17, 15) is 17.6 Å². The van der Waals surface area contributed by atoms with Crippen molar-refractivity contribution in [2.45, 2.75) is 43.7 Å². The van der Waals surface area contributed by atoms with Crippen LogP contribution >= 0.6 is 11.6 Å². The zero-order valence-corrected chi connectivity index (χ0v) is 22.0. The van der Waals surface area contributed by atoms with Crippen molar-refractivity contribution in [1.29, 1.82) is 0 Å². The van der Waals surface area contributed by atoms with Gasteiger partial charge in [0.2, 0.25) is 0 Å². The van der Waals surface area contributed by atoms with E-state index in [-0.39, 0.29) is 31.5 Å². The van der Waals surface area contributed by atoms with Crippen molar-refractivity contribution in [1.82, 2.24) is 24.6 Å². The Morgan fingerprint density at radius 2 is 1.87 bits per heavy atom. The number of pyridine rings is 1. The molecule has 13 heteroatoms. The second-order valence-corrected chi connectivity index (χ2v) is 10.8. The Balaban J connectivity index is 1.27. The number of ether oxygens (including phenoxy) is 2. The van der Waals surface area contributed by atoms with E-state index in [4.69, 9.17) is 21.1 Å². The number of nitrogens with zero attached hydrogens (tertiary/aromatic N) is 6. The Morgan fingerprint density at radius 3 is 2.54 bits per heavy atom. The van der Waals surface area contributed by atoms with Crippen LogP contribution in [0.5, 0.6) is 5.75 Å². The quantitative estimate of drug-likeness (QED) is 0.412. The number of halogens is 5. The first kappa shape index (κ1) is 26.3. The average molecular weight is 567 g/mol. The summed E-state index contributed by atoms with van der Waals surface area (Å²) < 4.78 is 67.4. The molecule has 0 spiro atoms. The molecule has 3 aromatic rings. The van der Waals surface area contributed by atoms with Gasteiger partial charge in [-0.2, -0.15) is 13.2 Å². The molecular formula is C26H27ClF4N6O2. The fourth-order valence-electron chi connectivity index (χ4n) is 5.61. The second-order valence-electron chi connectivity index (χ2n) is 10.4. The summed E-state index contributed by atoms with van der Waals surface area (Å²) >= 11 is 6.33. The van der Waals surface area contributed by atoms with Crippen molar-refractivity contribution in [2.75, 3.05) is 44.9 Å².